The summed E-state index contributed by atoms with van der Waals surface area (Å²) in [6.07, 6.45) is -0.678. The summed E-state index contributed by atoms with van der Waals surface area (Å²) < 4.78 is 15.7. The minimum atomic E-state index is -1.79. The Labute approximate surface area is 87.6 Å². The SMILES string of the molecule is [2H]C([2H])(C=C)c1cc(Br)cc(Cl)c1O. The molecule has 1 N–H and O–H groups in total. The van der Waals surface area contributed by atoms with Crippen LogP contribution in [0.4, 0.5) is 0 Å². The van der Waals surface area contributed by atoms with E-state index < -0.39 is 6.37 Å². The summed E-state index contributed by atoms with van der Waals surface area (Å²) in [6, 6.07) is 2.97. The third kappa shape index (κ3) is 2.02. The number of rotatable bonds is 2. The van der Waals surface area contributed by atoms with Gasteiger partial charge < -0.3 is 5.11 Å². The molecule has 0 saturated carbocycles. The van der Waals surface area contributed by atoms with Crippen molar-refractivity contribution >= 4 is 27.5 Å². The Kier molecular flexibility index (Phi) is 2.31. The third-order valence-electron chi connectivity index (χ3n) is 1.29. The molecule has 0 aromatic heterocycles. The third-order valence-corrected chi connectivity index (χ3v) is 2.03. The van der Waals surface area contributed by atoms with Crippen LogP contribution in [0.25, 0.3) is 0 Å². The Morgan fingerprint density at radius 2 is 2.42 bits per heavy atom. The maximum atomic E-state index is 9.55. The molecule has 3 heteroatoms. The fourth-order valence-corrected chi connectivity index (χ4v) is 1.59. The Morgan fingerprint density at radius 3 is 3.00 bits per heavy atom. The first-order chi connectivity index (χ1) is 6.38. The van der Waals surface area contributed by atoms with Gasteiger partial charge in [-0.15, -0.1) is 6.58 Å². The van der Waals surface area contributed by atoms with Gasteiger partial charge in [-0.3, -0.25) is 0 Å². The van der Waals surface area contributed by atoms with Gasteiger partial charge in [0.05, 0.1) is 5.02 Å². The largest absolute Gasteiger partial charge is 0.506 e. The van der Waals surface area contributed by atoms with E-state index in [-0.39, 0.29) is 16.3 Å². The highest BCUT2D eigenvalue weighted by atomic mass is 79.9. The number of phenols is 1. The molecule has 1 aromatic carbocycles. The van der Waals surface area contributed by atoms with E-state index in [4.69, 9.17) is 14.3 Å². The van der Waals surface area contributed by atoms with Crippen LogP contribution in [0.2, 0.25) is 5.02 Å². The first-order valence-electron chi connectivity index (χ1n) is 4.20. The van der Waals surface area contributed by atoms with E-state index >= 15 is 0 Å². The van der Waals surface area contributed by atoms with Gasteiger partial charge in [-0.05, 0) is 18.5 Å². The maximum Gasteiger partial charge on any atom is 0.137 e. The smallest absolute Gasteiger partial charge is 0.137 e. The number of hydrogen-bond acceptors (Lipinski definition) is 1. The average molecular weight is 250 g/mol. The number of halogens is 2. The van der Waals surface area contributed by atoms with E-state index in [1.807, 2.05) is 0 Å². The molecular formula is C9H8BrClO. The van der Waals surface area contributed by atoms with Crippen LogP contribution in [0.1, 0.15) is 8.30 Å². The summed E-state index contributed by atoms with van der Waals surface area (Å²) in [4.78, 5) is 0. The van der Waals surface area contributed by atoms with Crippen LogP contribution >= 0.6 is 27.5 Å². The van der Waals surface area contributed by atoms with Crippen molar-refractivity contribution in [1.29, 1.82) is 0 Å². The first kappa shape index (κ1) is 6.98. The van der Waals surface area contributed by atoms with E-state index in [0.717, 1.165) is 6.08 Å². The minimum Gasteiger partial charge on any atom is -0.506 e. The second-order valence-corrected chi connectivity index (χ2v) is 3.46. The number of allylic oxidation sites excluding steroid dienone is 1. The summed E-state index contributed by atoms with van der Waals surface area (Å²) in [5.74, 6) is -0.250. The molecule has 0 unspecified atom stereocenters. The second-order valence-electron chi connectivity index (χ2n) is 2.13. The van der Waals surface area contributed by atoms with Gasteiger partial charge in [-0.2, -0.15) is 0 Å². The van der Waals surface area contributed by atoms with Crippen molar-refractivity contribution < 1.29 is 7.85 Å². The highest BCUT2D eigenvalue weighted by Crippen LogP contribution is 2.31. The zero-order chi connectivity index (χ0) is 10.9. The standard InChI is InChI=1S/C9H8BrClO/c1-2-3-6-4-7(10)5-8(11)9(6)12/h2,4-5,12H,1,3H2/i3D2. The van der Waals surface area contributed by atoms with Gasteiger partial charge in [-0.25, -0.2) is 0 Å². The molecule has 0 aliphatic rings. The molecule has 0 fully saturated rings. The molecule has 0 radical (unpaired) electrons. The van der Waals surface area contributed by atoms with Gasteiger partial charge >= 0.3 is 0 Å². The fraction of sp³-hybridized carbons (Fsp3) is 0.111. The van der Waals surface area contributed by atoms with Crippen molar-refractivity contribution in [3.8, 4) is 5.75 Å². The predicted octanol–water partition coefficient (Wildman–Crippen LogP) is 3.54. The Bertz CT molecular complexity index is 379. The van der Waals surface area contributed by atoms with Crippen molar-refractivity contribution in [3.63, 3.8) is 0 Å². The molecule has 1 aromatic rings. The number of aromatic hydroxyl groups is 1. The van der Waals surface area contributed by atoms with Gasteiger partial charge in [0.1, 0.15) is 5.75 Å². The topological polar surface area (TPSA) is 20.2 Å². The number of phenolic OH excluding ortho intramolecular Hbond substituents is 1. The number of benzene rings is 1. The van der Waals surface area contributed by atoms with E-state index in [0.29, 0.717) is 4.47 Å². The van der Waals surface area contributed by atoms with Gasteiger partial charge in [0.25, 0.3) is 0 Å². The summed E-state index contributed by atoms with van der Waals surface area (Å²) in [6.45, 7) is 3.36. The van der Waals surface area contributed by atoms with E-state index in [9.17, 15) is 5.11 Å². The van der Waals surface area contributed by atoms with Crippen molar-refractivity contribution in [2.24, 2.45) is 0 Å². The van der Waals surface area contributed by atoms with Crippen molar-refractivity contribution in [1.82, 2.24) is 0 Å². The molecule has 0 aliphatic heterocycles. The van der Waals surface area contributed by atoms with E-state index in [1.54, 1.807) is 0 Å². The lowest BCUT2D eigenvalue weighted by molar-refractivity contribution is 0.470. The van der Waals surface area contributed by atoms with Crippen LogP contribution in [-0.4, -0.2) is 5.11 Å². The zero-order valence-corrected chi connectivity index (χ0v) is 8.48. The molecule has 64 valence electrons. The van der Waals surface area contributed by atoms with Gasteiger partial charge in [0.15, 0.2) is 0 Å². The predicted molar refractivity (Wildman–Crippen MR) is 54.7 cm³/mol. The Morgan fingerprint density at radius 1 is 1.75 bits per heavy atom. The highest BCUT2D eigenvalue weighted by Gasteiger charge is 2.05. The molecule has 0 saturated heterocycles. The molecule has 0 bridgehead atoms. The van der Waals surface area contributed by atoms with Crippen LogP contribution in [0, 0.1) is 0 Å². The highest BCUT2D eigenvalue weighted by molar-refractivity contribution is 9.10. The minimum absolute atomic E-state index is 0.104. The van der Waals surface area contributed by atoms with Crippen molar-refractivity contribution in [2.75, 3.05) is 0 Å². The van der Waals surface area contributed by atoms with Crippen LogP contribution < -0.4 is 0 Å². The molecule has 1 nitrogen and oxygen atoms in total. The Hall–Kier alpha value is -0.470. The molecule has 0 spiro atoms. The molecule has 0 atom stereocenters. The quantitative estimate of drug-likeness (QED) is 0.795. The lowest BCUT2D eigenvalue weighted by Gasteiger charge is -2.04. The molecular weight excluding hydrogens is 239 g/mol. The lowest BCUT2D eigenvalue weighted by Crippen LogP contribution is -1.83. The summed E-state index contributed by atoms with van der Waals surface area (Å²) in [5, 5.41) is 9.66. The summed E-state index contributed by atoms with van der Waals surface area (Å²) >= 11 is 8.87. The number of hydrogen-bond donors (Lipinski definition) is 1. The van der Waals surface area contributed by atoms with Gasteiger partial charge in [0.2, 0.25) is 0 Å². The van der Waals surface area contributed by atoms with Gasteiger partial charge in [-0.1, -0.05) is 33.6 Å². The van der Waals surface area contributed by atoms with Crippen LogP contribution in [-0.2, 0) is 6.37 Å². The zero-order valence-electron chi connectivity index (χ0n) is 8.14. The fourth-order valence-electron chi connectivity index (χ4n) is 0.786. The van der Waals surface area contributed by atoms with Crippen LogP contribution in [0.3, 0.4) is 0 Å². The summed E-state index contributed by atoms with van der Waals surface area (Å²) in [7, 11) is 0. The maximum absolute atomic E-state index is 9.55. The molecule has 0 aliphatic carbocycles. The first-order valence-corrected chi connectivity index (χ1v) is 4.37. The second kappa shape index (κ2) is 3.97. The molecule has 0 amide bonds. The lowest BCUT2D eigenvalue weighted by atomic mass is 10.1. The van der Waals surface area contributed by atoms with Gasteiger partial charge in [0, 0.05) is 12.8 Å². The molecule has 1 rings (SSSR count). The summed E-state index contributed by atoms with van der Waals surface area (Å²) in [5.41, 5.74) is 0.104. The van der Waals surface area contributed by atoms with Crippen molar-refractivity contribution in [3.05, 3.63) is 39.8 Å². The molecule has 12 heavy (non-hydrogen) atoms. The van der Waals surface area contributed by atoms with Crippen LogP contribution in [0.5, 0.6) is 5.75 Å². The average Bonchev–Trinajstić information content (AvgIpc) is 2.11. The van der Waals surface area contributed by atoms with Crippen LogP contribution in [0.15, 0.2) is 29.3 Å². The monoisotopic (exact) mass is 248 g/mol. The normalized spacial score (nSPS) is 13.5. The van der Waals surface area contributed by atoms with E-state index in [2.05, 4.69) is 22.5 Å². The molecule has 0 heterocycles. The van der Waals surface area contributed by atoms with Crippen molar-refractivity contribution in [2.45, 2.75) is 6.37 Å². The Balaban J connectivity index is 3.41. The van der Waals surface area contributed by atoms with E-state index in [1.165, 1.54) is 12.1 Å².